The predicted molar refractivity (Wildman–Crippen MR) is 87.2 cm³/mol. The summed E-state index contributed by atoms with van der Waals surface area (Å²) in [6.07, 6.45) is 2.72. The first-order chi connectivity index (χ1) is 9.98. The van der Waals surface area contributed by atoms with E-state index in [1.807, 2.05) is 37.3 Å². The van der Waals surface area contributed by atoms with Gasteiger partial charge in [-0.2, -0.15) is 0 Å². The van der Waals surface area contributed by atoms with Gasteiger partial charge in [0.15, 0.2) is 0 Å². The third kappa shape index (κ3) is 7.07. The number of benzene rings is 1. The van der Waals surface area contributed by atoms with Crippen molar-refractivity contribution in [3.8, 4) is 0 Å². The van der Waals surface area contributed by atoms with Crippen LogP contribution >= 0.6 is 0 Å². The van der Waals surface area contributed by atoms with Gasteiger partial charge in [0, 0.05) is 18.9 Å². The molecule has 0 spiro atoms. The van der Waals surface area contributed by atoms with E-state index in [0.717, 1.165) is 18.5 Å². The summed E-state index contributed by atoms with van der Waals surface area (Å²) >= 11 is 0. The Bertz CT molecular complexity index is 488. The van der Waals surface area contributed by atoms with E-state index in [4.69, 9.17) is 4.74 Å². The monoisotopic (exact) mass is 313 g/mol. The number of nitrogens with one attached hydrogen (secondary N) is 1. The number of rotatable bonds is 10. The summed E-state index contributed by atoms with van der Waals surface area (Å²) in [5.41, 5.74) is 1.08. The molecule has 120 valence electrons. The molecular weight excluding hydrogens is 286 g/mol. The van der Waals surface area contributed by atoms with Gasteiger partial charge in [0.1, 0.15) is 9.84 Å². The third-order valence-corrected chi connectivity index (χ3v) is 4.27. The van der Waals surface area contributed by atoms with Crippen LogP contribution in [0.3, 0.4) is 0 Å². The Morgan fingerprint density at radius 2 is 1.86 bits per heavy atom. The minimum atomic E-state index is -2.97. The van der Waals surface area contributed by atoms with Crippen LogP contribution < -0.4 is 5.32 Å². The summed E-state index contributed by atoms with van der Waals surface area (Å²) in [6.45, 7) is 5.51. The summed E-state index contributed by atoms with van der Waals surface area (Å²) in [4.78, 5) is 0. The van der Waals surface area contributed by atoms with E-state index >= 15 is 0 Å². The summed E-state index contributed by atoms with van der Waals surface area (Å²) in [5, 5.41) is 3.44. The van der Waals surface area contributed by atoms with E-state index in [1.165, 1.54) is 6.26 Å². The maximum atomic E-state index is 11.5. The molecule has 0 radical (unpaired) electrons. The van der Waals surface area contributed by atoms with Gasteiger partial charge in [0.25, 0.3) is 0 Å². The molecule has 2 atom stereocenters. The van der Waals surface area contributed by atoms with Gasteiger partial charge in [-0.15, -0.1) is 0 Å². The minimum absolute atomic E-state index is 0.00187. The van der Waals surface area contributed by atoms with Crippen LogP contribution in [-0.2, 0) is 14.6 Å². The maximum absolute atomic E-state index is 11.5. The van der Waals surface area contributed by atoms with Crippen molar-refractivity contribution in [2.24, 2.45) is 0 Å². The first-order valence-electron chi connectivity index (χ1n) is 7.55. The van der Waals surface area contributed by atoms with Crippen LogP contribution in [0.15, 0.2) is 30.3 Å². The molecule has 2 unspecified atom stereocenters. The van der Waals surface area contributed by atoms with Crippen molar-refractivity contribution >= 4 is 9.84 Å². The molecule has 0 saturated carbocycles. The SMILES string of the molecule is CCCNC(CCS(C)(=O)=O)C(OCC)c1ccccc1. The highest BCUT2D eigenvalue weighted by Crippen LogP contribution is 2.23. The lowest BCUT2D eigenvalue weighted by Gasteiger charge is -2.28. The fraction of sp³-hybridized carbons (Fsp3) is 0.625. The number of ether oxygens (including phenoxy) is 1. The molecule has 0 aliphatic carbocycles. The molecule has 0 heterocycles. The van der Waals surface area contributed by atoms with Crippen molar-refractivity contribution in [1.29, 1.82) is 0 Å². The number of hydrogen-bond donors (Lipinski definition) is 1. The fourth-order valence-corrected chi connectivity index (χ4v) is 2.98. The van der Waals surface area contributed by atoms with Crippen molar-refractivity contribution in [3.05, 3.63) is 35.9 Å². The van der Waals surface area contributed by atoms with Crippen LogP contribution in [0.4, 0.5) is 0 Å². The molecule has 1 rings (SSSR count). The summed E-state index contributed by atoms with van der Waals surface area (Å²) < 4.78 is 28.8. The number of sulfone groups is 1. The molecule has 0 saturated heterocycles. The van der Waals surface area contributed by atoms with E-state index in [9.17, 15) is 8.42 Å². The second-order valence-corrected chi connectivity index (χ2v) is 7.53. The molecule has 0 aliphatic heterocycles. The zero-order valence-electron chi connectivity index (χ0n) is 13.2. The van der Waals surface area contributed by atoms with Gasteiger partial charge in [-0.3, -0.25) is 0 Å². The number of hydrogen-bond acceptors (Lipinski definition) is 4. The quantitative estimate of drug-likeness (QED) is 0.721. The highest BCUT2D eigenvalue weighted by Gasteiger charge is 2.24. The molecule has 0 aliphatic rings. The minimum Gasteiger partial charge on any atom is -0.372 e. The van der Waals surface area contributed by atoms with Crippen molar-refractivity contribution in [1.82, 2.24) is 5.32 Å². The Morgan fingerprint density at radius 3 is 2.38 bits per heavy atom. The molecule has 1 N–H and O–H groups in total. The Balaban J connectivity index is 2.88. The van der Waals surface area contributed by atoms with Gasteiger partial charge >= 0.3 is 0 Å². The lowest BCUT2D eigenvalue weighted by molar-refractivity contribution is 0.0324. The van der Waals surface area contributed by atoms with E-state index < -0.39 is 9.84 Å². The van der Waals surface area contributed by atoms with Crippen molar-refractivity contribution in [2.75, 3.05) is 25.2 Å². The van der Waals surface area contributed by atoms with Crippen LogP contribution in [0.2, 0.25) is 0 Å². The lowest BCUT2D eigenvalue weighted by atomic mass is 10.00. The van der Waals surface area contributed by atoms with Crippen molar-refractivity contribution in [2.45, 2.75) is 38.8 Å². The van der Waals surface area contributed by atoms with Gasteiger partial charge < -0.3 is 10.1 Å². The second-order valence-electron chi connectivity index (χ2n) is 5.27. The van der Waals surface area contributed by atoms with Crippen LogP contribution in [0.25, 0.3) is 0 Å². The Hall–Kier alpha value is -0.910. The molecule has 0 amide bonds. The Kier molecular flexibility index (Phi) is 7.93. The lowest BCUT2D eigenvalue weighted by Crippen LogP contribution is -2.38. The zero-order valence-corrected chi connectivity index (χ0v) is 14.0. The molecule has 0 aromatic heterocycles. The van der Waals surface area contributed by atoms with Crippen LogP contribution in [0, 0.1) is 0 Å². The van der Waals surface area contributed by atoms with Gasteiger partial charge in [-0.25, -0.2) is 8.42 Å². The molecule has 21 heavy (non-hydrogen) atoms. The van der Waals surface area contributed by atoms with Crippen LogP contribution in [-0.4, -0.2) is 39.6 Å². The average Bonchev–Trinajstić information content (AvgIpc) is 2.45. The van der Waals surface area contributed by atoms with Gasteiger partial charge in [-0.1, -0.05) is 37.3 Å². The van der Waals surface area contributed by atoms with Crippen molar-refractivity contribution < 1.29 is 13.2 Å². The highest BCUT2D eigenvalue weighted by atomic mass is 32.2. The van der Waals surface area contributed by atoms with Gasteiger partial charge in [0.2, 0.25) is 0 Å². The zero-order chi connectivity index (χ0) is 15.7. The van der Waals surface area contributed by atoms with E-state index in [-0.39, 0.29) is 17.9 Å². The van der Waals surface area contributed by atoms with Crippen molar-refractivity contribution in [3.63, 3.8) is 0 Å². The van der Waals surface area contributed by atoms with Gasteiger partial charge in [-0.05, 0) is 31.9 Å². The Labute approximate surface area is 128 Å². The first kappa shape index (κ1) is 18.1. The first-order valence-corrected chi connectivity index (χ1v) is 9.61. The average molecular weight is 313 g/mol. The molecular formula is C16H27NO3S. The second kappa shape index (κ2) is 9.18. The molecule has 0 fully saturated rings. The van der Waals surface area contributed by atoms with Gasteiger partial charge in [0.05, 0.1) is 11.9 Å². The Morgan fingerprint density at radius 1 is 1.19 bits per heavy atom. The summed E-state index contributed by atoms with van der Waals surface area (Å²) in [5.74, 6) is 0.171. The maximum Gasteiger partial charge on any atom is 0.147 e. The van der Waals surface area contributed by atoms with E-state index in [1.54, 1.807) is 0 Å². The summed E-state index contributed by atoms with van der Waals surface area (Å²) in [6, 6.07) is 9.99. The smallest absolute Gasteiger partial charge is 0.147 e. The molecule has 5 heteroatoms. The van der Waals surface area contributed by atoms with E-state index in [0.29, 0.717) is 13.0 Å². The largest absolute Gasteiger partial charge is 0.372 e. The predicted octanol–water partition coefficient (Wildman–Crippen LogP) is 2.57. The topological polar surface area (TPSA) is 55.4 Å². The molecule has 4 nitrogen and oxygen atoms in total. The molecule has 1 aromatic rings. The summed E-state index contributed by atoms with van der Waals surface area (Å²) in [7, 11) is -2.97. The standard InChI is InChI=1S/C16H27NO3S/c1-4-12-17-15(11-13-21(3,18)19)16(20-5-2)14-9-7-6-8-10-14/h6-10,15-17H,4-5,11-13H2,1-3H3. The van der Waals surface area contributed by atoms with E-state index in [2.05, 4.69) is 12.2 Å². The highest BCUT2D eigenvalue weighted by molar-refractivity contribution is 7.90. The fourth-order valence-electron chi connectivity index (χ4n) is 2.30. The molecule has 1 aromatic carbocycles. The van der Waals surface area contributed by atoms with Crippen LogP contribution in [0.1, 0.15) is 38.4 Å². The van der Waals surface area contributed by atoms with Crippen LogP contribution in [0.5, 0.6) is 0 Å². The third-order valence-electron chi connectivity index (χ3n) is 3.30. The molecule has 0 bridgehead atoms. The normalized spacial score (nSPS) is 14.8.